The molecule has 4 nitrogen and oxygen atoms in total. The van der Waals surface area contributed by atoms with Gasteiger partial charge in [-0.15, -0.1) is 0 Å². The number of carbonyl (C=O) groups excluding carboxylic acids is 1. The number of aromatic carboxylic acids is 1. The van der Waals surface area contributed by atoms with Gasteiger partial charge >= 0.3 is 5.97 Å². The van der Waals surface area contributed by atoms with E-state index in [1.54, 1.807) is 26.0 Å². The molecule has 1 aromatic rings. The maximum Gasteiger partial charge on any atom is 0.335 e. The SMILES string of the molecule is CC(C)C(=O)/C(C#N)=C/c1ccc(C(=O)O)cc1. The van der Waals surface area contributed by atoms with Crippen molar-refractivity contribution in [3.05, 3.63) is 41.0 Å². The summed E-state index contributed by atoms with van der Waals surface area (Å²) in [7, 11) is 0. The summed E-state index contributed by atoms with van der Waals surface area (Å²) in [6.07, 6.45) is 1.47. The van der Waals surface area contributed by atoms with E-state index in [1.165, 1.54) is 18.2 Å². The Hall–Kier alpha value is -2.41. The van der Waals surface area contributed by atoms with Crippen molar-refractivity contribution < 1.29 is 14.7 Å². The number of nitrogens with zero attached hydrogens (tertiary/aromatic N) is 1. The number of hydrogen-bond acceptors (Lipinski definition) is 3. The van der Waals surface area contributed by atoms with Gasteiger partial charge in [0.25, 0.3) is 0 Å². The first kappa shape index (κ1) is 13.7. The Balaban J connectivity index is 3.04. The van der Waals surface area contributed by atoms with Crippen LogP contribution in [0.2, 0.25) is 0 Å². The Kier molecular flexibility index (Phi) is 4.39. The van der Waals surface area contributed by atoms with Gasteiger partial charge in [0.2, 0.25) is 0 Å². The van der Waals surface area contributed by atoms with Crippen LogP contribution in [0.5, 0.6) is 0 Å². The minimum Gasteiger partial charge on any atom is -0.478 e. The van der Waals surface area contributed by atoms with E-state index in [0.717, 1.165) is 0 Å². The molecule has 0 aliphatic heterocycles. The largest absolute Gasteiger partial charge is 0.478 e. The Morgan fingerprint density at radius 2 is 1.83 bits per heavy atom. The van der Waals surface area contributed by atoms with E-state index in [4.69, 9.17) is 10.4 Å². The van der Waals surface area contributed by atoms with E-state index in [1.807, 2.05) is 6.07 Å². The zero-order chi connectivity index (χ0) is 13.7. The van der Waals surface area contributed by atoms with Crippen LogP contribution >= 0.6 is 0 Å². The molecule has 0 bridgehead atoms. The van der Waals surface area contributed by atoms with E-state index >= 15 is 0 Å². The van der Waals surface area contributed by atoms with Crippen molar-refractivity contribution in [3.63, 3.8) is 0 Å². The summed E-state index contributed by atoms with van der Waals surface area (Å²) in [5, 5.41) is 17.7. The molecule has 0 aliphatic rings. The van der Waals surface area contributed by atoms with Crippen molar-refractivity contribution >= 4 is 17.8 Å². The zero-order valence-corrected chi connectivity index (χ0v) is 10.2. The molecule has 0 aliphatic carbocycles. The van der Waals surface area contributed by atoms with E-state index < -0.39 is 5.97 Å². The molecule has 4 heteroatoms. The van der Waals surface area contributed by atoms with E-state index in [2.05, 4.69) is 0 Å². The monoisotopic (exact) mass is 243 g/mol. The third-order valence-corrected chi connectivity index (χ3v) is 2.38. The Morgan fingerprint density at radius 3 is 2.22 bits per heavy atom. The number of rotatable bonds is 4. The van der Waals surface area contributed by atoms with Crippen molar-refractivity contribution in [2.45, 2.75) is 13.8 Å². The number of allylic oxidation sites excluding steroid dienone is 1. The summed E-state index contributed by atoms with van der Waals surface area (Å²) in [5.74, 6) is -1.47. The van der Waals surface area contributed by atoms with Gasteiger partial charge in [0.05, 0.1) is 11.1 Å². The summed E-state index contributed by atoms with van der Waals surface area (Å²) in [4.78, 5) is 22.3. The molecular weight excluding hydrogens is 230 g/mol. The van der Waals surface area contributed by atoms with Crippen molar-refractivity contribution in [1.29, 1.82) is 5.26 Å². The highest BCUT2D eigenvalue weighted by molar-refractivity contribution is 6.04. The molecule has 18 heavy (non-hydrogen) atoms. The Morgan fingerprint density at radius 1 is 1.28 bits per heavy atom. The third-order valence-electron chi connectivity index (χ3n) is 2.38. The molecule has 0 heterocycles. The van der Waals surface area contributed by atoms with Crippen LogP contribution in [0.25, 0.3) is 6.08 Å². The quantitative estimate of drug-likeness (QED) is 0.651. The number of hydrogen-bond donors (Lipinski definition) is 1. The first-order valence-electron chi connectivity index (χ1n) is 5.45. The standard InChI is InChI=1S/C14H13NO3/c1-9(2)13(16)12(8-15)7-10-3-5-11(6-4-10)14(17)18/h3-7,9H,1-2H3,(H,17,18)/b12-7+. The second-order valence-electron chi connectivity index (χ2n) is 4.12. The van der Waals surface area contributed by atoms with Crippen LogP contribution in [0.4, 0.5) is 0 Å². The topological polar surface area (TPSA) is 78.2 Å². The highest BCUT2D eigenvalue weighted by atomic mass is 16.4. The summed E-state index contributed by atoms with van der Waals surface area (Å²) in [5.41, 5.74) is 0.875. The average Bonchev–Trinajstić information content (AvgIpc) is 2.35. The van der Waals surface area contributed by atoms with Crippen LogP contribution in [0.3, 0.4) is 0 Å². The van der Waals surface area contributed by atoms with Crippen molar-refractivity contribution in [1.82, 2.24) is 0 Å². The first-order valence-corrected chi connectivity index (χ1v) is 5.45. The highest BCUT2D eigenvalue weighted by Crippen LogP contribution is 2.12. The fourth-order valence-electron chi connectivity index (χ4n) is 1.36. The first-order chi connectivity index (χ1) is 8.45. The van der Waals surface area contributed by atoms with Gasteiger partial charge in [-0.3, -0.25) is 4.79 Å². The molecule has 0 aromatic heterocycles. The third kappa shape index (κ3) is 3.29. The van der Waals surface area contributed by atoms with E-state index in [9.17, 15) is 9.59 Å². The number of nitriles is 1. The highest BCUT2D eigenvalue weighted by Gasteiger charge is 2.13. The van der Waals surface area contributed by atoms with Gasteiger partial charge in [-0.05, 0) is 23.8 Å². The van der Waals surface area contributed by atoms with Crippen LogP contribution in [-0.4, -0.2) is 16.9 Å². The minimum absolute atomic E-state index is 0.0769. The molecule has 92 valence electrons. The summed E-state index contributed by atoms with van der Waals surface area (Å²) < 4.78 is 0. The normalized spacial score (nSPS) is 11.1. The lowest BCUT2D eigenvalue weighted by Gasteiger charge is -2.02. The molecule has 0 fully saturated rings. The summed E-state index contributed by atoms with van der Waals surface area (Å²) in [6, 6.07) is 7.86. The number of Topliss-reactive ketones (excluding diaryl/α,β-unsaturated/α-hetero) is 1. The lowest BCUT2D eigenvalue weighted by molar-refractivity contribution is -0.117. The van der Waals surface area contributed by atoms with E-state index in [-0.39, 0.29) is 22.8 Å². The predicted molar refractivity (Wildman–Crippen MR) is 66.8 cm³/mol. The summed E-state index contributed by atoms with van der Waals surface area (Å²) in [6.45, 7) is 3.45. The van der Waals surface area contributed by atoms with Crippen molar-refractivity contribution in [3.8, 4) is 6.07 Å². The molecule has 0 radical (unpaired) electrons. The lowest BCUT2D eigenvalue weighted by atomic mass is 9.99. The molecular formula is C14H13NO3. The second-order valence-corrected chi connectivity index (χ2v) is 4.12. The number of ketones is 1. The molecule has 0 spiro atoms. The summed E-state index contributed by atoms with van der Waals surface area (Å²) >= 11 is 0. The Bertz CT molecular complexity index is 533. The van der Waals surface area contributed by atoms with Gasteiger partial charge in [-0.25, -0.2) is 4.79 Å². The number of carboxylic acid groups (broad SMARTS) is 1. The fourth-order valence-corrected chi connectivity index (χ4v) is 1.36. The number of carboxylic acids is 1. The van der Waals surface area contributed by atoms with Crippen LogP contribution in [-0.2, 0) is 4.79 Å². The van der Waals surface area contributed by atoms with E-state index in [0.29, 0.717) is 5.56 Å². The molecule has 0 saturated carbocycles. The van der Waals surface area contributed by atoms with Crippen molar-refractivity contribution in [2.24, 2.45) is 5.92 Å². The van der Waals surface area contributed by atoms with Gasteiger partial charge in [0.1, 0.15) is 6.07 Å². The van der Waals surface area contributed by atoms with Gasteiger partial charge in [-0.1, -0.05) is 26.0 Å². The lowest BCUT2D eigenvalue weighted by Crippen LogP contribution is -2.08. The van der Waals surface area contributed by atoms with Crippen LogP contribution < -0.4 is 0 Å². The van der Waals surface area contributed by atoms with Crippen LogP contribution in [0, 0.1) is 17.2 Å². The molecule has 0 unspecified atom stereocenters. The number of benzene rings is 1. The molecule has 1 rings (SSSR count). The minimum atomic E-state index is -1.01. The number of carbonyl (C=O) groups is 2. The smallest absolute Gasteiger partial charge is 0.335 e. The van der Waals surface area contributed by atoms with Gasteiger partial charge < -0.3 is 5.11 Å². The maximum atomic E-state index is 11.7. The molecule has 0 amide bonds. The van der Waals surface area contributed by atoms with Crippen molar-refractivity contribution in [2.75, 3.05) is 0 Å². The zero-order valence-electron chi connectivity index (χ0n) is 10.2. The van der Waals surface area contributed by atoms with Gasteiger partial charge in [0.15, 0.2) is 5.78 Å². The fraction of sp³-hybridized carbons (Fsp3) is 0.214. The predicted octanol–water partition coefficient (Wildman–Crippen LogP) is 2.52. The van der Waals surface area contributed by atoms with Gasteiger partial charge in [0, 0.05) is 5.92 Å². The molecule has 1 aromatic carbocycles. The maximum absolute atomic E-state index is 11.7. The second kappa shape index (κ2) is 5.78. The molecule has 0 saturated heterocycles. The average molecular weight is 243 g/mol. The molecule has 0 atom stereocenters. The van der Waals surface area contributed by atoms with Gasteiger partial charge in [-0.2, -0.15) is 5.26 Å². The van der Waals surface area contributed by atoms with Crippen LogP contribution in [0.1, 0.15) is 29.8 Å². The Labute approximate surface area is 105 Å². The van der Waals surface area contributed by atoms with Crippen LogP contribution in [0.15, 0.2) is 29.8 Å². The molecule has 1 N–H and O–H groups in total.